The van der Waals surface area contributed by atoms with Gasteiger partial charge in [-0.25, -0.2) is 4.79 Å². The minimum atomic E-state index is -1.04. The summed E-state index contributed by atoms with van der Waals surface area (Å²) in [5.74, 6) is -0.591. The Bertz CT molecular complexity index is 873. The Morgan fingerprint density at radius 2 is 1.75 bits per heavy atom. The van der Waals surface area contributed by atoms with Gasteiger partial charge >= 0.3 is 5.97 Å². The van der Waals surface area contributed by atoms with Crippen molar-refractivity contribution in [2.45, 2.75) is 25.4 Å². The summed E-state index contributed by atoms with van der Waals surface area (Å²) in [6.45, 7) is 1.04. The van der Waals surface area contributed by atoms with Crippen molar-refractivity contribution in [3.05, 3.63) is 69.8 Å². The SMILES string of the molecule is O=C(O)c1ccccc1CC(=O)N1CCC(Oc2ccc([N+](=O)[O-])cc2)CC1. The molecule has 8 nitrogen and oxygen atoms in total. The number of carboxylic acid groups (broad SMARTS) is 1. The van der Waals surface area contributed by atoms with Crippen molar-refractivity contribution >= 4 is 17.6 Å². The maximum Gasteiger partial charge on any atom is 0.335 e. The van der Waals surface area contributed by atoms with Gasteiger partial charge < -0.3 is 14.7 Å². The number of aromatic carboxylic acids is 1. The van der Waals surface area contributed by atoms with Crippen LogP contribution in [0.25, 0.3) is 0 Å². The lowest BCUT2D eigenvalue weighted by Crippen LogP contribution is -2.42. The largest absolute Gasteiger partial charge is 0.490 e. The molecule has 0 spiro atoms. The van der Waals surface area contributed by atoms with E-state index in [0.29, 0.717) is 37.2 Å². The maximum absolute atomic E-state index is 12.5. The number of ether oxygens (including phenoxy) is 1. The predicted octanol–water partition coefficient (Wildman–Crippen LogP) is 2.91. The first-order valence-electron chi connectivity index (χ1n) is 8.94. The average molecular weight is 384 g/mol. The van der Waals surface area contributed by atoms with Crippen LogP contribution in [0, 0.1) is 10.1 Å². The van der Waals surface area contributed by atoms with Crippen LogP contribution in [-0.2, 0) is 11.2 Å². The predicted molar refractivity (Wildman–Crippen MR) is 100 cm³/mol. The zero-order chi connectivity index (χ0) is 20.1. The fourth-order valence-electron chi connectivity index (χ4n) is 3.22. The number of nitro benzene ring substituents is 1. The number of carbonyl (C=O) groups excluding carboxylic acids is 1. The van der Waals surface area contributed by atoms with Gasteiger partial charge in [0.15, 0.2) is 0 Å². The molecule has 0 unspecified atom stereocenters. The lowest BCUT2D eigenvalue weighted by molar-refractivity contribution is -0.384. The van der Waals surface area contributed by atoms with E-state index >= 15 is 0 Å². The molecule has 0 aliphatic carbocycles. The Hall–Kier alpha value is -3.42. The van der Waals surface area contributed by atoms with Crippen molar-refractivity contribution in [1.29, 1.82) is 0 Å². The van der Waals surface area contributed by atoms with E-state index in [1.165, 1.54) is 18.2 Å². The summed E-state index contributed by atoms with van der Waals surface area (Å²) in [6, 6.07) is 12.4. The molecule has 1 saturated heterocycles. The number of hydrogen-bond acceptors (Lipinski definition) is 5. The van der Waals surface area contributed by atoms with Crippen molar-refractivity contribution in [3.63, 3.8) is 0 Å². The molecule has 1 aliphatic rings. The van der Waals surface area contributed by atoms with Crippen LogP contribution in [0.5, 0.6) is 5.75 Å². The number of piperidine rings is 1. The molecule has 1 aliphatic heterocycles. The highest BCUT2D eigenvalue weighted by Crippen LogP contribution is 2.22. The van der Waals surface area contributed by atoms with Crippen molar-refractivity contribution in [3.8, 4) is 5.75 Å². The molecule has 0 bridgehead atoms. The number of non-ortho nitro benzene ring substituents is 1. The molecular weight excluding hydrogens is 364 g/mol. The van der Waals surface area contributed by atoms with E-state index in [2.05, 4.69) is 0 Å². The number of amides is 1. The van der Waals surface area contributed by atoms with Crippen molar-refractivity contribution < 1.29 is 24.4 Å². The number of carbonyl (C=O) groups is 2. The fourth-order valence-corrected chi connectivity index (χ4v) is 3.22. The summed E-state index contributed by atoms with van der Waals surface area (Å²) >= 11 is 0. The van der Waals surface area contributed by atoms with E-state index < -0.39 is 10.9 Å². The zero-order valence-electron chi connectivity index (χ0n) is 15.1. The number of hydrogen-bond donors (Lipinski definition) is 1. The van der Waals surface area contributed by atoms with Crippen LogP contribution in [0.2, 0.25) is 0 Å². The molecule has 0 atom stereocenters. The Morgan fingerprint density at radius 1 is 1.11 bits per heavy atom. The molecule has 8 heteroatoms. The van der Waals surface area contributed by atoms with Crippen molar-refractivity contribution in [2.75, 3.05) is 13.1 Å². The van der Waals surface area contributed by atoms with Gasteiger partial charge in [-0.3, -0.25) is 14.9 Å². The van der Waals surface area contributed by atoms with Crippen LogP contribution >= 0.6 is 0 Å². The van der Waals surface area contributed by atoms with Crippen LogP contribution in [0.1, 0.15) is 28.8 Å². The van der Waals surface area contributed by atoms with Gasteiger partial charge in [-0.05, 0) is 23.8 Å². The number of rotatable bonds is 6. The molecule has 146 valence electrons. The van der Waals surface area contributed by atoms with Gasteiger partial charge in [-0.1, -0.05) is 18.2 Å². The van der Waals surface area contributed by atoms with Gasteiger partial charge in [0.25, 0.3) is 5.69 Å². The monoisotopic (exact) mass is 384 g/mol. The van der Waals surface area contributed by atoms with Gasteiger partial charge in [0.1, 0.15) is 11.9 Å². The van der Waals surface area contributed by atoms with E-state index in [1.807, 2.05) is 0 Å². The van der Waals surface area contributed by atoms with Gasteiger partial charge in [0.2, 0.25) is 5.91 Å². The second-order valence-electron chi connectivity index (χ2n) is 6.59. The molecule has 1 amide bonds. The summed E-state index contributed by atoms with van der Waals surface area (Å²) in [6.07, 6.45) is 1.26. The zero-order valence-corrected chi connectivity index (χ0v) is 15.1. The third-order valence-corrected chi connectivity index (χ3v) is 4.73. The lowest BCUT2D eigenvalue weighted by atomic mass is 10.0. The highest BCUT2D eigenvalue weighted by molar-refractivity contribution is 5.91. The fraction of sp³-hybridized carbons (Fsp3) is 0.300. The van der Waals surface area contributed by atoms with Gasteiger partial charge in [-0.2, -0.15) is 0 Å². The van der Waals surface area contributed by atoms with Crippen LogP contribution < -0.4 is 4.74 Å². The molecule has 0 aromatic heterocycles. The van der Waals surface area contributed by atoms with E-state index in [4.69, 9.17) is 4.74 Å². The molecule has 2 aromatic rings. The van der Waals surface area contributed by atoms with Gasteiger partial charge in [0.05, 0.1) is 16.9 Å². The quantitative estimate of drug-likeness (QED) is 0.606. The minimum Gasteiger partial charge on any atom is -0.490 e. The van der Waals surface area contributed by atoms with E-state index in [9.17, 15) is 24.8 Å². The topological polar surface area (TPSA) is 110 Å². The van der Waals surface area contributed by atoms with Crippen molar-refractivity contribution in [1.82, 2.24) is 4.90 Å². The molecule has 0 saturated carbocycles. The number of benzene rings is 2. The first kappa shape index (κ1) is 19.3. The molecule has 1 heterocycles. The Labute approximate surface area is 161 Å². The second kappa shape index (κ2) is 8.51. The van der Waals surface area contributed by atoms with Crippen LogP contribution in [0.15, 0.2) is 48.5 Å². The molecule has 28 heavy (non-hydrogen) atoms. The van der Waals surface area contributed by atoms with Crippen LogP contribution in [-0.4, -0.2) is 46.0 Å². The second-order valence-corrected chi connectivity index (χ2v) is 6.59. The molecule has 1 fully saturated rings. The van der Waals surface area contributed by atoms with E-state index in [-0.39, 0.29) is 29.7 Å². The smallest absolute Gasteiger partial charge is 0.335 e. The summed E-state index contributed by atoms with van der Waals surface area (Å²) in [7, 11) is 0. The maximum atomic E-state index is 12.5. The Morgan fingerprint density at radius 3 is 2.36 bits per heavy atom. The first-order chi connectivity index (χ1) is 13.4. The summed E-state index contributed by atoms with van der Waals surface area (Å²) in [4.78, 5) is 35.8. The minimum absolute atomic E-state index is 0.00871. The number of likely N-dealkylation sites (tertiary alicyclic amines) is 1. The number of carboxylic acids is 1. The Kier molecular flexibility index (Phi) is 5.88. The number of nitrogens with zero attached hydrogens (tertiary/aromatic N) is 2. The third-order valence-electron chi connectivity index (χ3n) is 4.73. The molecule has 3 rings (SSSR count). The van der Waals surface area contributed by atoms with Gasteiger partial charge in [0, 0.05) is 38.1 Å². The van der Waals surface area contributed by atoms with Crippen molar-refractivity contribution in [2.24, 2.45) is 0 Å². The standard InChI is InChI=1S/C20H20N2O6/c23-19(13-14-3-1-2-4-18(14)20(24)25)21-11-9-17(10-12-21)28-16-7-5-15(6-8-16)22(26)27/h1-8,17H,9-13H2,(H,24,25). The molecular formula is C20H20N2O6. The number of nitro groups is 1. The van der Waals surface area contributed by atoms with Crippen LogP contribution in [0.4, 0.5) is 5.69 Å². The van der Waals surface area contributed by atoms with E-state index in [1.54, 1.807) is 35.2 Å². The van der Waals surface area contributed by atoms with Crippen LogP contribution in [0.3, 0.4) is 0 Å². The van der Waals surface area contributed by atoms with E-state index in [0.717, 1.165) is 0 Å². The molecule has 2 aromatic carbocycles. The molecule has 1 N–H and O–H groups in total. The normalized spacial score (nSPS) is 14.5. The summed E-state index contributed by atoms with van der Waals surface area (Å²) < 4.78 is 5.85. The highest BCUT2D eigenvalue weighted by Gasteiger charge is 2.25. The first-order valence-corrected chi connectivity index (χ1v) is 8.94. The average Bonchev–Trinajstić information content (AvgIpc) is 2.69. The molecule has 0 radical (unpaired) electrons. The highest BCUT2D eigenvalue weighted by atomic mass is 16.6. The summed E-state index contributed by atoms with van der Waals surface area (Å²) in [5, 5.41) is 19.9. The van der Waals surface area contributed by atoms with Gasteiger partial charge in [-0.15, -0.1) is 0 Å². The Balaban J connectivity index is 1.53. The third kappa shape index (κ3) is 4.64. The summed E-state index contributed by atoms with van der Waals surface area (Å²) in [5.41, 5.74) is 0.658. The lowest BCUT2D eigenvalue weighted by Gasteiger charge is -2.32.